The van der Waals surface area contributed by atoms with E-state index in [2.05, 4.69) is 0 Å². The van der Waals surface area contributed by atoms with Gasteiger partial charge in [0.2, 0.25) is 0 Å². The molecule has 0 fully saturated rings. The number of phenolic OH excluding ortho intramolecular Hbond substituents is 1. The molecule has 3 atom stereocenters. The van der Waals surface area contributed by atoms with Crippen LogP contribution in [0.15, 0.2) is 30.4 Å². The molecule has 1 N–H and O–H groups in total. The highest BCUT2D eigenvalue weighted by Gasteiger charge is 2.47. The summed E-state index contributed by atoms with van der Waals surface area (Å²) >= 11 is 0. The third kappa shape index (κ3) is 2.05. The predicted octanol–water partition coefficient (Wildman–Crippen LogP) is 1.90. The topological polar surface area (TPSA) is 80.7 Å². The fourth-order valence-electron chi connectivity index (χ4n) is 3.13. The van der Waals surface area contributed by atoms with Gasteiger partial charge in [-0.15, -0.1) is 0 Å². The van der Waals surface area contributed by atoms with Crippen molar-refractivity contribution in [3.05, 3.63) is 41.5 Å². The van der Waals surface area contributed by atoms with Crippen LogP contribution in [0.4, 0.5) is 0 Å². The van der Waals surface area contributed by atoms with Gasteiger partial charge in [-0.2, -0.15) is 0 Å². The summed E-state index contributed by atoms with van der Waals surface area (Å²) in [6.07, 6.45) is 3.07. The highest BCUT2D eigenvalue weighted by Crippen LogP contribution is 2.41. The van der Waals surface area contributed by atoms with Crippen molar-refractivity contribution in [1.29, 1.82) is 0 Å². The maximum absolute atomic E-state index is 12.7. The van der Waals surface area contributed by atoms with Gasteiger partial charge in [-0.05, 0) is 18.6 Å². The lowest BCUT2D eigenvalue weighted by molar-refractivity contribution is -0.146. The molecule has 5 nitrogen and oxygen atoms in total. The van der Waals surface area contributed by atoms with Crippen LogP contribution in [-0.2, 0) is 9.53 Å². The molecule has 0 saturated heterocycles. The van der Waals surface area contributed by atoms with Crippen molar-refractivity contribution in [3.63, 3.8) is 0 Å². The largest absolute Gasteiger partial charge is 0.507 e. The van der Waals surface area contributed by atoms with E-state index in [-0.39, 0.29) is 28.4 Å². The zero-order valence-electron chi connectivity index (χ0n) is 11.4. The lowest BCUT2D eigenvalue weighted by Crippen LogP contribution is -2.45. The molecule has 0 amide bonds. The van der Waals surface area contributed by atoms with Crippen LogP contribution in [-0.4, -0.2) is 28.7 Å². The Morgan fingerprint density at radius 3 is 2.76 bits per heavy atom. The van der Waals surface area contributed by atoms with Gasteiger partial charge in [-0.3, -0.25) is 14.4 Å². The van der Waals surface area contributed by atoms with Crippen molar-refractivity contribution < 1.29 is 24.2 Å². The number of carbonyl (C=O) groups is 3. The van der Waals surface area contributed by atoms with Crippen molar-refractivity contribution in [2.45, 2.75) is 19.4 Å². The number of carbonyl (C=O) groups excluding carboxylic acids is 3. The summed E-state index contributed by atoms with van der Waals surface area (Å²) in [5.74, 6) is -2.54. The Hall–Kier alpha value is -2.43. The van der Waals surface area contributed by atoms with Crippen molar-refractivity contribution in [2.24, 2.45) is 11.8 Å². The highest BCUT2D eigenvalue weighted by molar-refractivity contribution is 6.17. The molecule has 108 valence electrons. The Morgan fingerprint density at radius 2 is 2.05 bits per heavy atom. The second kappa shape index (κ2) is 4.84. The van der Waals surface area contributed by atoms with Gasteiger partial charge in [0.25, 0.3) is 0 Å². The minimum atomic E-state index is -0.759. The van der Waals surface area contributed by atoms with E-state index < -0.39 is 23.9 Å². The number of allylic oxidation sites excluding steroid dienone is 1. The van der Waals surface area contributed by atoms with Gasteiger partial charge in [0.05, 0.1) is 11.5 Å². The lowest BCUT2D eigenvalue weighted by Gasteiger charge is -2.36. The van der Waals surface area contributed by atoms with E-state index >= 15 is 0 Å². The van der Waals surface area contributed by atoms with E-state index in [4.69, 9.17) is 4.74 Å². The van der Waals surface area contributed by atoms with E-state index in [1.54, 1.807) is 24.3 Å². The van der Waals surface area contributed by atoms with Crippen LogP contribution in [0.2, 0.25) is 0 Å². The van der Waals surface area contributed by atoms with Crippen LogP contribution in [0.1, 0.15) is 34.1 Å². The molecule has 0 unspecified atom stereocenters. The Bertz CT molecular complexity index is 673. The summed E-state index contributed by atoms with van der Waals surface area (Å²) < 4.78 is 5.15. The van der Waals surface area contributed by atoms with Gasteiger partial charge in [-0.25, -0.2) is 0 Å². The van der Waals surface area contributed by atoms with E-state index in [0.29, 0.717) is 6.42 Å². The second-order valence-corrected chi connectivity index (χ2v) is 5.30. The first-order chi connectivity index (χ1) is 10.0. The van der Waals surface area contributed by atoms with E-state index in [9.17, 15) is 19.5 Å². The number of hydrogen-bond donors (Lipinski definition) is 1. The summed E-state index contributed by atoms with van der Waals surface area (Å²) in [4.78, 5) is 36.4. The quantitative estimate of drug-likeness (QED) is 0.630. The molecule has 1 aromatic carbocycles. The molecule has 5 heteroatoms. The summed E-state index contributed by atoms with van der Waals surface area (Å²) in [5, 5.41) is 9.90. The van der Waals surface area contributed by atoms with Gasteiger partial charge in [0, 0.05) is 18.4 Å². The number of hydrogen-bond acceptors (Lipinski definition) is 5. The maximum atomic E-state index is 12.7. The maximum Gasteiger partial charge on any atom is 0.303 e. The van der Waals surface area contributed by atoms with Crippen LogP contribution in [0.3, 0.4) is 0 Å². The number of Topliss-reactive ketones (excluding diaryl/α,β-unsaturated/α-hetero) is 2. The molecule has 0 aliphatic heterocycles. The van der Waals surface area contributed by atoms with Crippen molar-refractivity contribution >= 4 is 17.5 Å². The fraction of sp³-hybridized carbons (Fsp3) is 0.312. The number of fused-ring (bicyclic) bond motifs is 2. The van der Waals surface area contributed by atoms with Gasteiger partial charge >= 0.3 is 5.97 Å². The molecule has 0 aromatic heterocycles. The molecular formula is C16H14O5. The van der Waals surface area contributed by atoms with Gasteiger partial charge in [0.15, 0.2) is 11.6 Å². The van der Waals surface area contributed by atoms with Crippen LogP contribution in [0, 0.1) is 11.8 Å². The number of esters is 1. The summed E-state index contributed by atoms with van der Waals surface area (Å²) in [7, 11) is 0. The molecule has 21 heavy (non-hydrogen) atoms. The molecule has 0 spiro atoms. The molecule has 0 heterocycles. The smallest absolute Gasteiger partial charge is 0.303 e. The zero-order chi connectivity index (χ0) is 15.1. The van der Waals surface area contributed by atoms with Crippen LogP contribution < -0.4 is 0 Å². The standard InChI is InChI=1S/C16H14O5/c1-8(17)21-12-7-3-5-10-14(12)16(20)13-9(15(10)19)4-2-6-11(13)18/h2-4,6-7,10,12,14,18H,5H2,1H3/t10-,12+,14+/m1/s1. The monoisotopic (exact) mass is 286 g/mol. The van der Waals surface area contributed by atoms with Crippen molar-refractivity contribution in [2.75, 3.05) is 0 Å². The summed E-state index contributed by atoms with van der Waals surface area (Å²) in [5.41, 5.74) is 0.286. The molecule has 2 aliphatic carbocycles. The predicted molar refractivity (Wildman–Crippen MR) is 73.1 cm³/mol. The number of ketones is 2. The first-order valence-corrected chi connectivity index (χ1v) is 6.75. The Kier molecular flexibility index (Phi) is 3.12. The summed E-state index contributed by atoms with van der Waals surface area (Å²) in [6.45, 7) is 1.26. The average Bonchev–Trinajstić information content (AvgIpc) is 2.43. The molecule has 3 rings (SSSR count). The number of aromatic hydroxyl groups is 1. The minimum absolute atomic E-state index is 0.0382. The molecule has 2 aliphatic rings. The SMILES string of the molecule is CC(=O)O[C@H]1C=CC[C@H]2C(=O)c3cccc(O)c3C(=O)[C@H]12. The average molecular weight is 286 g/mol. The van der Waals surface area contributed by atoms with Gasteiger partial charge < -0.3 is 9.84 Å². The van der Waals surface area contributed by atoms with E-state index in [1.807, 2.05) is 0 Å². The minimum Gasteiger partial charge on any atom is -0.507 e. The third-order valence-electron chi connectivity index (χ3n) is 4.00. The van der Waals surface area contributed by atoms with Crippen molar-refractivity contribution in [1.82, 2.24) is 0 Å². The number of rotatable bonds is 1. The summed E-state index contributed by atoms with van der Waals surface area (Å²) in [6, 6.07) is 4.47. The van der Waals surface area contributed by atoms with Gasteiger partial charge in [-0.1, -0.05) is 18.2 Å². The lowest BCUT2D eigenvalue weighted by atomic mass is 9.68. The Morgan fingerprint density at radius 1 is 1.29 bits per heavy atom. The Balaban J connectivity index is 2.10. The number of phenols is 1. The van der Waals surface area contributed by atoms with E-state index in [0.717, 1.165) is 0 Å². The normalized spacial score (nSPS) is 27.0. The van der Waals surface area contributed by atoms with Crippen LogP contribution in [0.5, 0.6) is 5.75 Å². The first-order valence-electron chi connectivity index (χ1n) is 6.75. The van der Waals surface area contributed by atoms with Gasteiger partial charge in [0.1, 0.15) is 11.9 Å². The molecule has 0 radical (unpaired) electrons. The fourth-order valence-corrected chi connectivity index (χ4v) is 3.13. The molecule has 0 saturated carbocycles. The number of benzene rings is 1. The first kappa shape index (κ1) is 13.5. The molecular weight excluding hydrogens is 272 g/mol. The van der Waals surface area contributed by atoms with E-state index in [1.165, 1.54) is 13.0 Å². The zero-order valence-corrected chi connectivity index (χ0v) is 11.4. The third-order valence-corrected chi connectivity index (χ3v) is 4.00. The van der Waals surface area contributed by atoms with Crippen molar-refractivity contribution in [3.8, 4) is 5.75 Å². The molecule has 1 aromatic rings. The number of ether oxygens (including phenoxy) is 1. The Labute approximate surface area is 121 Å². The van der Waals surface area contributed by atoms with Crippen LogP contribution in [0.25, 0.3) is 0 Å². The highest BCUT2D eigenvalue weighted by atomic mass is 16.5. The second-order valence-electron chi connectivity index (χ2n) is 5.30. The molecule has 0 bridgehead atoms. The van der Waals surface area contributed by atoms with Crippen LogP contribution >= 0.6 is 0 Å².